The number of benzene rings is 2. The van der Waals surface area contributed by atoms with Crippen molar-refractivity contribution in [1.82, 2.24) is 15.0 Å². The quantitative estimate of drug-likeness (QED) is 0.218. The van der Waals surface area contributed by atoms with Crippen LogP contribution in [0.15, 0.2) is 95.9 Å². The average molecular weight is 641 g/mol. The molecule has 5 heteroatoms. The predicted molar refractivity (Wildman–Crippen MR) is 200 cm³/mol. The summed E-state index contributed by atoms with van der Waals surface area (Å²) in [5, 5.41) is 9.62. The van der Waals surface area contributed by atoms with E-state index in [2.05, 4.69) is 135 Å². The van der Waals surface area contributed by atoms with Crippen LogP contribution in [0, 0.1) is 0 Å². The van der Waals surface area contributed by atoms with Gasteiger partial charge in [0.15, 0.2) is 5.71 Å². The lowest BCUT2D eigenvalue weighted by Gasteiger charge is -2.27. The van der Waals surface area contributed by atoms with E-state index in [-0.39, 0.29) is 10.8 Å². The highest BCUT2D eigenvalue weighted by Crippen LogP contribution is 2.48. The molecule has 0 spiro atoms. The van der Waals surface area contributed by atoms with Gasteiger partial charge >= 0.3 is 0 Å². The molecule has 3 heterocycles. The number of para-hydroxylation sites is 2. The van der Waals surface area contributed by atoms with Crippen LogP contribution in [0.4, 0.5) is 11.4 Å². The van der Waals surface area contributed by atoms with Gasteiger partial charge < -0.3 is 4.90 Å². The van der Waals surface area contributed by atoms with Crippen molar-refractivity contribution in [3.05, 3.63) is 113 Å². The third-order valence-corrected chi connectivity index (χ3v) is 11.4. The van der Waals surface area contributed by atoms with Crippen LogP contribution in [0.1, 0.15) is 122 Å². The summed E-state index contributed by atoms with van der Waals surface area (Å²) in [5.74, 6) is 0.535. The van der Waals surface area contributed by atoms with E-state index in [1.54, 1.807) is 0 Å². The Labute approximate surface area is 288 Å². The fourth-order valence-corrected chi connectivity index (χ4v) is 8.90. The van der Waals surface area contributed by atoms with Crippen LogP contribution in [0.3, 0.4) is 0 Å². The fourth-order valence-electron chi connectivity index (χ4n) is 8.90. The number of fused-ring (bicyclic) bond motifs is 2. The summed E-state index contributed by atoms with van der Waals surface area (Å²) in [6.07, 6.45) is 22.4. The summed E-state index contributed by atoms with van der Waals surface area (Å²) in [4.78, 5) is 2.55. The Bertz CT molecular complexity index is 1840. The third-order valence-electron chi connectivity index (χ3n) is 11.4. The lowest BCUT2D eigenvalue weighted by Crippen LogP contribution is -2.28. The fraction of sp³-hybridized carbons (Fsp3) is 0.465. The first-order valence-corrected chi connectivity index (χ1v) is 18.6. The molecule has 0 saturated heterocycles. The second kappa shape index (κ2) is 13.1. The van der Waals surface area contributed by atoms with Gasteiger partial charge in [-0.3, -0.25) is 0 Å². The highest BCUT2D eigenvalue weighted by molar-refractivity contribution is 6.03. The third kappa shape index (κ3) is 5.63. The van der Waals surface area contributed by atoms with E-state index in [1.807, 2.05) is 0 Å². The Balaban J connectivity index is 1.34. The van der Waals surface area contributed by atoms with Crippen LogP contribution in [-0.2, 0) is 10.8 Å². The standard InChI is InChI=1S/C43H54N5/c1-7-28-46-37-22-13-11-20-34(37)42(3,4)39(46)26-24-32-18-15-19-33(41(32)48-30-36(44-45-48)31-16-9-10-17-31)25-27-40-43(5,6)35-21-12-14-23-38(35)47(40)29-8-2/h11-14,20-27,30-31H,7-10,15-19,28-29H2,1-6H3/q+1. The zero-order valence-corrected chi connectivity index (χ0v) is 30.1. The van der Waals surface area contributed by atoms with Gasteiger partial charge in [0, 0.05) is 53.4 Å². The molecule has 2 aliphatic heterocycles. The Morgan fingerprint density at radius 1 is 0.833 bits per heavy atom. The minimum atomic E-state index is -0.0601. The molecule has 1 fully saturated rings. The molecule has 1 aromatic heterocycles. The van der Waals surface area contributed by atoms with Crippen molar-refractivity contribution in [3.8, 4) is 0 Å². The number of aromatic nitrogens is 3. The molecule has 48 heavy (non-hydrogen) atoms. The monoisotopic (exact) mass is 640 g/mol. The van der Waals surface area contributed by atoms with Crippen LogP contribution >= 0.6 is 0 Å². The molecule has 3 aromatic rings. The van der Waals surface area contributed by atoms with E-state index in [0.717, 1.165) is 50.9 Å². The second-order valence-electron chi connectivity index (χ2n) is 15.3. The highest BCUT2D eigenvalue weighted by Gasteiger charge is 2.44. The van der Waals surface area contributed by atoms with E-state index < -0.39 is 0 Å². The van der Waals surface area contributed by atoms with Gasteiger partial charge in [-0.05, 0) is 81.2 Å². The van der Waals surface area contributed by atoms with Crippen molar-refractivity contribution in [3.63, 3.8) is 0 Å². The Morgan fingerprint density at radius 3 is 2.35 bits per heavy atom. The number of allylic oxidation sites excluding steroid dienone is 8. The number of nitrogens with zero attached hydrogens (tertiary/aromatic N) is 5. The first kappa shape index (κ1) is 32.6. The van der Waals surface area contributed by atoms with Gasteiger partial charge in [0.2, 0.25) is 5.69 Å². The second-order valence-corrected chi connectivity index (χ2v) is 15.3. The lowest BCUT2D eigenvalue weighted by molar-refractivity contribution is -0.437. The lowest BCUT2D eigenvalue weighted by atomic mass is 9.81. The molecular weight excluding hydrogens is 587 g/mol. The Kier molecular flexibility index (Phi) is 8.91. The SMILES string of the molecule is CCCN1/C(=C/C=C2\CCCC(/C=C/C3=[N+](CCC)c4ccccc4C3(C)C)=C2n2cc(C3CCCC3)nn2)C(C)(C)c2ccccc21. The van der Waals surface area contributed by atoms with Crippen LogP contribution < -0.4 is 4.90 Å². The van der Waals surface area contributed by atoms with Crippen molar-refractivity contribution in [2.75, 3.05) is 18.0 Å². The van der Waals surface area contributed by atoms with Crippen LogP contribution in [0.5, 0.6) is 0 Å². The first-order chi connectivity index (χ1) is 23.3. The van der Waals surface area contributed by atoms with E-state index in [9.17, 15) is 0 Å². The summed E-state index contributed by atoms with van der Waals surface area (Å²) >= 11 is 0. The number of rotatable bonds is 9. The van der Waals surface area contributed by atoms with Gasteiger partial charge in [0.1, 0.15) is 6.54 Å². The molecule has 7 rings (SSSR count). The molecular formula is C43H54N5+. The van der Waals surface area contributed by atoms with Gasteiger partial charge in [-0.15, -0.1) is 5.10 Å². The molecule has 0 amide bonds. The smallest absolute Gasteiger partial charge is 0.209 e. The van der Waals surface area contributed by atoms with Gasteiger partial charge in [0.05, 0.1) is 23.0 Å². The molecule has 0 unspecified atom stereocenters. The van der Waals surface area contributed by atoms with Gasteiger partial charge in [-0.2, -0.15) is 4.58 Å². The van der Waals surface area contributed by atoms with Gasteiger partial charge in [0.25, 0.3) is 0 Å². The Hall–Kier alpha value is -3.99. The van der Waals surface area contributed by atoms with E-state index in [1.165, 1.54) is 76.4 Å². The normalized spacial score (nSPS) is 22.2. The number of hydrogen-bond donors (Lipinski definition) is 0. The summed E-state index contributed by atoms with van der Waals surface area (Å²) in [7, 11) is 0. The largest absolute Gasteiger partial charge is 0.344 e. The predicted octanol–water partition coefficient (Wildman–Crippen LogP) is 10.4. The van der Waals surface area contributed by atoms with Crippen molar-refractivity contribution in [2.45, 2.75) is 116 Å². The molecule has 0 radical (unpaired) electrons. The maximum atomic E-state index is 4.84. The van der Waals surface area contributed by atoms with E-state index >= 15 is 0 Å². The molecule has 2 aromatic carbocycles. The minimum Gasteiger partial charge on any atom is -0.344 e. The molecule has 1 saturated carbocycles. The van der Waals surface area contributed by atoms with Crippen LogP contribution in [0.2, 0.25) is 0 Å². The van der Waals surface area contributed by atoms with Crippen molar-refractivity contribution >= 4 is 22.8 Å². The maximum Gasteiger partial charge on any atom is 0.209 e. The van der Waals surface area contributed by atoms with Crippen LogP contribution in [-0.4, -0.2) is 38.4 Å². The van der Waals surface area contributed by atoms with Gasteiger partial charge in [-0.1, -0.05) is 94.3 Å². The minimum absolute atomic E-state index is 0.0601. The van der Waals surface area contributed by atoms with E-state index in [4.69, 9.17) is 10.3 Å². The number of hydrogen-bond acceptors (Lipinski definition) is 3. The molecule has 2 aliphatic carbocycles. The average Bonchev–Trinajstić information content (AvgIpc) is 3.87. The van der Waals surface area contributed by atoms with Gasteiger partial charge in [-0.25, -0.2) is 4.68 Å². The zero-order valence-electron chi connectivity index (χ0n) is 30.1. The Morgan fingerprint density at radius 2 is 1.58 bits per heavy atom. The molecule has 5 nitrogen and oxygen atoms in total. The topological polar surface area (TPSA) is 37.0 Å². The molecule has 250 valence electrons. The van der Waals surface area contributed by atoms with Crippen LogP contribution in [0.25, 0.3) is 5.70 Å². The summed E-state index contributed by atoms with van der Waals surface area (Å²) in [6.45, 7) is 16.1. The maximum absolute atomic E-state index is 4.84. The van der Waals surface area contributed by atoms with Crippen molar-refractivity contribution in [1.29, 1.82) is 0 Å². The first-order valence-electron chi connectivity index (χ1n) is 18.6. The van der Waals surface area contributed by atoms with Crippen molar-refractivity contribution < 1.29 is 4.58 Å². The van der Waals surface area contributed by atoms with E-state index in [0.29, 0.717) is 5.92 Å². The molecule has 0 N–H and O–H groups in total. The zero-order chi connectivity index (χ0) is 33.5. The number of anilines is 1. The summed E-state index contributed by atoms with van der Waals surface area (Å²) in [6, 6.07) is 17.9. The molecule has 0 atom stereocenters. The summed E-state index contributed by atoms with van der Waals surface area (Å²) < 4.78 is 4.67. The molecule has 0 bridgehead atoms. The summed E-state index contributed by atoms with van der Waals surface area (Å²) in [5.41, 5.74) is 13.2. The van der Waals surface area contributed by atoms with Crippen molar-refractivity contribution in [2.24, 2.45) is 0 Å². The molecule has 4 aliphatic rings. The highest BCUT2D eigenvalue weighted by atomic mass is 15.4.